The molecule has 3 heterocycles. The molecule has 156 valence electrons. The van der Waals surface area contributed by atoms with Gasteiger partial charge in [-0.15, -0.1) is 0 Å². The van der Waals surface area contributed by atoms with Gasteiger partial charge in [0.2, 0.25) is 15.9 Å². The quantitative estimate of drug-likeness (QED) is 0.693. The molecule has 0 amide bonds. The van der Waals surface area contributed by atoms with E-state index in [9.17, 15) is 21.6 Å². The molecule has 0 N–H and O–H groups in total. The number of halogens is 4. The number of alkyl halides is 3. The van der Waals surface area contributed by atoms with Gasteiger partial charge in [-0.3, -0.25) is 0 Å². The molecule has 2 atom stereocenters. The van der Waals surface area contributed by atoms with Gasteiger partial charge in [0.15, 0.2) is 0 Å². The number of ether oxygens (including phenoxy) is 1. The summed E-state index contributed by atoms with van der Waals surface area (Å²) in [5.74, 6) is 0.473. The zero-order valence-corrected chi connectivity index (χ0v) is 16.7. The van der Waals surface area contributed by atoms with Crippen molar-refractivity contribution in [1.82, 2.24) is 9.29 Å². The van der Waals surface area contributed by atoms with E-state index in [0.717, 1.165) is 12.1 Å². The average molecular weight is 447 g/mol. The number of aromatic nitrogens is 1. The van der Waals surface area contributed by atoms with Crippen LogP contribution in [-0.4, -0.2) is 35.9 Å². The molecular formula is C19H18ClF3N2O3S. The monoisotopic (exact) mass is 446 g/mol. The van der Waals surface area contributed by atoms with E-state index >= 15 is 0 Å². The van der Waals surface area contributed by atoms with Crippen molar-refractivity contribution in [1.29, 1.82) is 0 Å². The van der Waals surface area contributed by atoms with Crippen LogP contribution in [0.2, 0.25) is 5.02 Å². The van der Waals surface area contributed by atoms with Crippen LogP contribution in [0.1, 0.15) is 31.2 Å². The van der Waals surface area contributed by atoms with Crippen molar-refractivity contribution in [2.75, 3.05) is 0 Å². The highest BCUT2D eigenvalue weighted by atomic mass is 35.5. The fourth-order valence-electron chi connectivity index (χ4n) is 4.16. The van der Waals surface area contributed by atoms with Gasteiger partial charge in [-0.2, -0.15) is 17.5 Å². The molecule has 10 heteroatoms. The third-order valence-electron chi connectivity index (χ3n) is 5.37. The molecule has 0 radical (unpaired) electrons. The summed E-state index contributed by atoms with van der Waals surface area (Å²) in [6, 6.07) is 7.39. The summed E-state index contributed by atoms with van der Waals surface area (Å²) >= 11 is 5.63. The van der Waals surface area contributed by atoms with Gasteiger partial charge in [-0.25, -0.2) is 13.4 Å². The highest BCUT2D eigenvalue weighted by Gasteiger charge is 2.48. The van der Waals surface area contributed by atoms with Crippen LogP contribution in [0.3, 0.4) is 0 Å². The molecule has 2 saturated heterocycles. The minimum atomic E-state index is -4.73. The van der Waals surface area contributed by atoms with Gasteiger partial charge in [-0.1, -0.05) is 17.7 Å². The normalized spacial score (nSPS) is 25.2. The Morgan fingerprint density at radius 2 is 1.79 bits per heavy atom. The summed E-state index contributed by atoms with van der Waals surface area (Å²) in [5.41, 5.74) is -1.15. The molecule has 2 aromatic rings. The van der Waals surface area contributed by atoms with Crippen molar-refractivity contribution in [2.45, 2.75) is 54.9 Å². The molecule has 2 bridgehead atoms. The Morgan fingerprint density at radius 1 is 1.10 bits per heavy atom. The first-order chi connectivity index (χ1) is 13.7. The second kappa shape index (κ2) is 7.45. The van der Waals surface area contributed by atoms with Crippen molar-refractivity contribution in [3.05, 3.63) is 53.2 Å². The van der Waals surface area contributed by atoms with E-state index in [2.05, 4.69) is 4.98 Å². The van der Waals surface area contributed by atoms with Gasteiger partial charge >= 0.3 is 6.18 Å². The number of fused-ring (bicyclic) bond motifs is 2. The largest absolute Gasteiger partial charge is 0.474 e. The lowest BCUT2D eigenvalue weighted by atomic mass is 10.0. The van der Waals surface area contributed by atoms with Crippen LogP contribution in [0.5, 0.6) is 5.88 Å². The predicted octanol–water partition coefficient (Wildman–Crippen LogP) is 4.52. The van der Waals surface area contributed by atoms with Gasteiger partial charge in [0.05, 0.1) is 15.5 Å². The van der Waals surface area contributed by atoms with E-state index in [1.165, 1.54) is 4.31 Å². The first-order valence-corrected chi connectivity index (χ1v) is 11.0. The zero-order valence-electron chi connectivity index (χ0n) is 15.1. The third-order valence-corrected chi connectivity index (χ3v) is 7.70. The maximum Gasteiger partial charge on any atom is 0.417 e. The first-order valence-electron chi connectivity index (χ1n) is 9.14. The molecule has 2 aliphatic heterocycles. The summed E-state index contributed by atoms with van der Waals surface area (Å²) in [5, 5.41) is -0.526. The lowest BCUT2D eigenvalue weighted by Crippen LogP contribution is -2.49. The summed E-state index contributed by atoms with van der Waals surface area (Å²) in [7, 11) is -4.09. The fraction of sp³-hybridized carbons (Fsp3) is 0.421. The number of benzene rings is 1. The number of sulfonamides is 1. The molecular weight excluding hydrogens is 429 g/mol. The number of piperidine rings is 1. The molecule has 29 heavy (non-hydrogen) atoms. The number of pyridine rings is 1. The van der Waals surface area contributed by atoms with Crippen molar-refractivity contribution in [3.8, 4) is 5.88 Å². The van der Waals surface area contributed by atoms with Crippen LogP contribution < -0.4 is 4.74 Å². The maximum absolute atomic E-state index is 13.2. The van der Waals surface area contributed by atoms with Gasteiger partial charge in [0.25, 0.3) is 0 Å². The van der Waals surface area contributed by atoms with Crippen molar-refractivity contribution in [2.24, 2.45) is 0 Å². The molecule has 1 aromatic carbocycles. The summed E-state index contributed by atoms with van der Waals surface area (Å²) < 4.78 is 73.1. The number of hydrogen-bond acceptors (Lipinski definition) is 4. The highest BCUT2D eigenvalue weighted by Crippen LogP contribution is 2.42. The van der Waals surface area contributed by atoms with E-state index in [1.54, 1.807) is 24.4 Å². The topological polar surface area (TPSA) is 59.5 Å². The Morgan fingerprint density at radius 3 is 2.38 bits per heavy atom. The first kappa shape index (κ1) is 20.4. The van der Waals surface area contributed by atoms with E-state index in [0.29, 0.717) is 37.6 Å². The predicted molar refractivity (Wildman–Crippen MR) is 100 cm³/mol. The summed E-state index contributed by atoms with van der Waals surface area (Å²) in [4.78, 5) is 3.73. The molecule has 1 aromatic heterocycles. The van der Waals surface area contributed by atoms with E-state index in [1.807, 2.05) is 0 Å². The van der Waals surface area contributed by atoms with Crippen LogP contribution in [0, 0.1) is 0 Å². The van der Waals surface area contributed by atoms with E-state index < -0.39 is 31.7 Å². The van der Waals surface area contributed by atoms with Crippen molar-refractivity contribution < 1.29 is 26.3 Å². The van der Waals surface area contributed by atoms with Crippen LogP contribution >= 0.6 is 11.6 Å². The minimum Gasteiger partial charge on any atom is -0.474 e. The highest BCUT2D eigenvalue weighted by molar-refractivity contribution is 7.89. The van der Waals surface area contributed by atoms with Crippen LogP contribution in [0.25, 0.3) is 0 Å². The number of rotatable bonds is 4. The maximum atomic E-state index is 13.2. The smallest absolute Gasteiger partial charge is 0.417 e. The number of nitrogens with zero attached hydrogens (tertiary/aromatic N) is 2. The van der Waals surface area contributed by atoms with Crippen LogP contribution in [0.4, 0.5) is 13.2 Å². The van der Waals surface area contributed by atoms with Crippen molar-refractivity contribution >= 4 is 21.6 Å². The van der Waals surface area contributed by atoms with Gasteiger partial charge in [-0.05, 0) is 37.1 Å². The lowest BCUT2D eigenvalue weighted by molar-refractivity contribution is -0.137. The molecule has 2 fully saturated rings. The molecule has 2 unspecified atom stereocenters. The summed E-state index contributed by atoms with van der Waals surface area (Å²) in [6.07, 6.45) is -1.09. The van der Waals surface area contributed by atoms with Gasteiger partial charge in [0, 0.05) is 37.2 Å². The molecule has 4 rings (SSSR count). The Labute approximate surface area is 171 Å². The Bertz CT molecular complexity index is 988. The standard InChI is InChI=1S/C19H18ClF3N2O3S/c20-17-7-6-15(11-16(17)19(21,22)23)29(26,27)25-12-4-5-13(25)10-14(9-12)28-18-3-1-2-8-24-18/h1-3,6-8,11-14H,4-5,9-10H2. The van der Waals surface area contributed by atoms with Crippen LogP contribution in [0.15, 0.2) is 47.5 Å². The van der Waals surface area contributed by atoms with E-state index in [-0.39, 0.29) is 18.2 Å². The molecule has 5 nitrogen and oxygen atoms in total. The average Bonchev–Trinajstić information content (AvgIpc) is 2.94. The zero-order chi connectivity index (χ0) is 20.8. The summed E-state index contributed by atoms with van der Waals surface area (Å²) in [6.45, 7) is 0. The Hall–Kier alpha value is -1.84. The second-order valence-corrected chi connectivity index (χ2v) is 9.49. The fourth-order valence-corrected chi connectivity index (χ4v) is 6.31. The Balaban J connectivity index is 1.58. The second-order valence-electron chi connectivity index (χ2n) is 7.24. The molecule has 0 aliphatic carbocycles. The third kappa shape index (κ3) is 3.95. The van der Waals surface area contributed by atoms with Crippen LogP contribution in [-0.2, 0) is 16.2 Å². The molecule has 0 spiro atoms. The SMILES string of the molecule is O=S(=O)(c1ccc(Cl)c(C(F)(F)F)c1)N1C2CCC1CC(Oc1ccccn1)C2. The molecule has 0 saturated carbocycles. The Kier molecular flexibility index (Phi) is 5.25. The van der Waals surface area contributed by atoms with Gasteiger partial charge < -0.3 is 4.74 Å². The lowest BCUT2D eigenvalue weighted by Gasteiger charge is -2.37. The number of hydrogen-bond donors (Lipinski definition) is 0. The van der Waals surface area contributed by atoms with Crippen molar-refractivity contribution in [3.63, 3.8) is 0 Å². The van der Waals surface area contributed by atoms with E-state index in [4.69, 9.17) is 16.3 Å². The minimum absolute atomic E-state index is 0.190. The molecule has 2 aliphatic rings. The van der Waals surface area contributed by atoms with Gasteiger partial charge in [0.1, 0.15) is 6.10 Å².